The quantitative estimate of drug-likeness (QED) is 0.555. The minimum absolute atomic E-state index is 0.233. The lowest BCUT2D eigenvalue weighted by molar-refractivity contribution is -0.125. The fourth-order valence-electron chi connectivity index (χ4n) is 1.30. The third kappa shape index (κ3) is 4.05. The van der Waals surface area contributed by atoms with E-state index >= 15 is 0 Å². The summed E-state index contributed by atoms with van der Waals surface area (Å²) in [5.41, 5.74) is 4.20. The lowest BCUT2D eigenvalue weighted by Gasteiger charge is -2.12. The number of aliphatic hydroxyl groups is 1. The van der Waals surface area contributed by atoms with Gasteiger partial charge in [0.2, 0.25) is 15.9 Å². The van der Waals surface area contributed by atoms with Crippen LogP contribution in [0.15, 0.2) is 17.0 Å². The monoisotopic (exact) mass is 356 g/mol. The molecule has 0 aliphatic carbocycles. The molecule has 1 unspecified atom stereocenters. The molecule has 1 rings (SSSR count). The van der Waals surface area contributed by atoms with Gasteiger partial charge in [0.05, 0.1) is 15.6 Å². The SMILES string of the molecule is NC(=O)C(O)CNS(=O)(=O)c1ccc(Cl)c(C(=O)O)c1Cl. The van der Waals surface area contributed by atoms with Gasteiger partial charge in [0.1, 0.15) is 11.0 Å². The van der Waals surface area contributed by atoms with Gasteiger partial charge in [-0.25, -0.2) is 17.9 Å². The lowest BCUT2D eigenvalue weighted by Crippen LogP contribution is -2.40. The van der Waals surface area contributed by atoms with E-state index in [1.807, 2.05) is 4.72 Å². The lowest BCUT2D eigenvalue weighted by atomic mass is 10.2. The summed E-state index contributed by atoms with van der Waals surface area (Å²) in [6.07, 6.45) is -1.73. The maximum absolute atomic E-state index is 12.0. The van der Waals surface area contributed by atoms with Crippen LogP contribution in [0, 0.1) is 0 Å². The number of aromatic carboxylic acids is 1. The normalized spacial score (nSPS) is 12.9. The van der Waals surface area contributed by atoms with E-state index in [-0.39, 0.29) is 5.02 Å². The average molecular weight is 357 g/mol. The van der Waals surface area contributed by atoms with Gasteiger partial charge in [-0.15, -0.1) is 0 Å². The number of rotatable bonds is 6. The van der Waals surface area contributed by atoms with E-state index in [0.717, 1.165) is 12.1 Å². The van der Waals surface area contributed by atoms with Gasteiger partial charge in [-0.3, -0.25) is 4.79 Å². The Morgan fingerprint density at radius 1 is 1.33 bits per heavy atom. The first kappa shape index (κ1) is 17.7. The van der Waals surface area contributed by atoms with E-state index in [9.17, 15) is 18.0 Å². The van der Waals surface area contributed by atoms with Gasteiger partial charge in [-0.1, -0.05) is 23.2 Å². The molecule has 116 valence electrons. The number of halogens is 2. The Balaban J connectivity index is 3.18. The van der Waals surface area contributed by atoms with Crippen molar-refractivity contribution < 1.29 is 28.2 Å². The second-order valence-electron chi connectivity index (χ2n) is 3.81. The molecule has 1 aromatic rings. The number of carboxylic acids is 1. The number of nitrogens with two attached hydrogens (primary N) is 1. The zero-order chi connectivity index (χ0) is 16.4. The van der Waals surface area contributed by atoms with Crippen molar-refractivity contribution in [2.24, 2.45) is 5.73 Å². The molecular formula is C10H10Cl2N2O6S. The summed E-state index contributed by atoms with van der Waals surface area (Å²) in [5, 5.41) is 17.3. The smallest absolute Gasteiger partial charge is 0.338 e. The largest absolute Gasteiger partial charge is 0.478 e. The van der Waals surface area contributed by atoms with Crippen LogP contribution in [-0.4, -0.2) is 43.2 Å². The van der Waals surface area contributed by atoms with Crippen LogP contribution < -0.4 is 10.5 Å². The maximum atomic E-state index is 12.0. The summed E-state index contributed by atoms with van der Waals surface area (Å²) in [5.74, 6) is -2.62. The van der Waals surface area contributed by atoms with Crippen molar-refractivity contribution in [2.75, 3.05) is 6.54 Å². The van der Waals surface area contributed by atoms with Gasteiger partial charge < -0.3 is 15.9 Å². The molecule has 11 heteroatoms. The van der Waals surface area contributed by atoms with Crippen molar-refractivity contribution in [1.82, 2.24) is 4.72 Å². The van der Waals surface area contributed by atoms with Crippen LogP contribution in [0.4, 0.5) is 0 Å². The van der Waals surface area contributed by atoms with Crippen molar-refractivity contribution in [3.05, 3.63) is 27.7 Å². The molecule has 0 bridgehead atoms. The molecule has 0 heterocycles. The van der Waals surface area contributed by atoms with Crippen LogP contribution in [0.2, 0.25) is 10.0 Å². The Bertz CT molecular complexity index is 691. The van der Waals surface area contributed by atoms with Crippen molar-refractivity contribution >= 4 is 45.1 Å². The molecule has 0 aliphatic heterocycles. The number of nitrogens with one attached hydrogen (secondary N) is 1. The molecule has 0 saturated heterocycles. The van der Waals surface area contributed by atoms with Crippen LogP contribution in [0.5, 0.6) is 0 Å². The number of aliphatic hydroxyl groups excluding tert-OH is 1. The topological polar surface area (TPSA) is 147 Å². The summed E-state index contributed by atoms with van der Waals surface area (Å²) < 4.78 is 25.8. The first-order valence-electron chi connectivity index (χ1n) is 5.26. The van der Waals surface area contributed by atoms with Gasteiger partial charge in [0, 0.05) is 6.54 Å². The maximum Gasteiger partial charge on any atom is 0.338 e. The number of carbonyl (C=O) groups is 2. The minimum Gasteiger partial charge on any atom is -0.478 e. The Labute approximate surface area is 129 Å². The summed E-state index contributed by atoms with van der Waals surface area (Å²) in [7, 11) is -4.26. The van der Waals surface area contributed by atoms with Gasteiger partial charge in [0.15, 0.2) is 0 Å². The van der Waals surface area contributed by atoms with Crippen molar-refractivity contribution in [2.45, 2.75) is 11.0 Å². The van der Waals surface area contributed by atoms with Gasteiger partial charge in [0.25, 0.3) is 0 Å². The third-order valence-electron chi connectivity index (χ3n) is 2.35. The third-order valence-corrected chi connectivity index (χ3v) is 4.64. The standard InChI is InChI=1S/C10H10Cl2N2O6S/c11-4-1-2-6(8(12)7(4)10(17)18)21(19,20)14-3-5(15)9(13)16/h1-2,5,14-15H,3H2,(H2,13,16)(H,17,18). The molecule has 0 aliphatic rings. The number of carbonyl (C=O) groups excluding carboxylic acids is 1. The van der Waals surface area contributed by atoms with Gasteiger partial charge >= 0.3 is 5.97 Å². The second-order valence-corrected chi connectivity index (χ2v) is 6.33. The van der Waals surface area contributed by atoms with Gasteiger partial charge in [-0.2, -0.15) is 0 Å². The molecule has 5 N–H and O–H groups in total. The number of hydrogen-bond donors (Lipinski definition) is 4. The fraction of sp³-hybridized carbons (Fsp3) is 0.200. The van der Waals surface area contributed by atoms with Crippen LogP contribution in [0.3, 0.4) is 0 Å². The number of amides is 1. The van der Waals surface area contributed by atoms with Gasteiger partial charge in [-0.05, 0) is 12.1 Å². The number of hydrogen-bond acceptors (Lipinski definition) is 5. The van der Waals surface area contributed by atoms with Crippen molar-refractivity contribution in [1.29, 1.82) is 0 Å². The molecule has 0 radical (unpaired) electrons. The molecular weight excluding hydrogens is 347 g/mol. The second kappa shape index (κ2) is 6.58. The molecule has 0 fully saturated rings. The Hall–Kier alpha value is -1.39. The van der Waals surface area contributed by atoms with Crippen LogP contribution in [0.25, 0.3) is 0 Å². The number of sulfonamides is 1. The highest BCUT2D eigenvalue weighted by molar-refractivity contribution is 7.89. The predicted octanol–water partition coefficient (Wildman–Crippen LogP) is -0.184. The first-order valence-corrected chi connectivity index (χ1v) is 7.50. The van der Waals surface area contributed by atoms with E-state index in [1.165, 1.54) is 0 Å². The molecule has 1 aromatic carbocycles. The van der Waals surface area contributed by atoms with Crippen LogP contribution >= 0.6 is 23.2 Å². The van der Waals surface area contributed by atoms with Crippen molar-refractivity contribution in [3.8, 4) is 0 Å². The Kier molecular flexibility index (Phi) is 5.54. The summed E-state index contributed by atoms with van der Waals surface area (Å²) in [6.45, 7) is -0.682. The molecule has 8 nitrogen and oxygen atoms in total. The average Bonchev–Trinajstić information content (AvgIpc) is 2.35. The minimum atomic E-state index is -4.26. The number of benzene rings is 1. The van der Waals surface area contributed by atoms with E-state index in [4.69, 9.17) is 39.1 Å². The van der Waals surface area contributed by atoms with E-state index in [2.05, 4.69) is 0 Å². The van der Waals surface area contributed by atoms with Crippen molar-refractivity contribution in [3.63, 3.8) is 0 Å². The highest BCUT2D eigenvalue weighted by Gasteiger charge is 2.25. The number of carboxylic acid groups (broad SMARTS) is 1. The van der Waals surface area contributed by atoms with Crippen LogP contribution in [-0.2, 0) is 14.8 Å². The summed E-state index contributed by atoms with van der Waals surface area (Å²) in [6, 6.07) is 2.05. The van der Waals surface area contributed by atoms with Crippen LogP contribution in [0.1, 0.15) is 10.4 Å². The highest BCUT2D eigenvalue weighted by atomic mass is 35.5. The van der Waals surface area contributed by atoms with E-state index < -0.39 is 50.0 Å². The molecule has 0 aromatic heterocycles. The molecule has 0 saturated carbocycles. The molecule has 0 spiro atoms. The Morgan fingerprint density at radius 2 is 1.90 bits per heavy atom. The molecule has 1 atom stereocenters. The highest BCUT2D eigenvalue weighted by Crippen LogP contribution is 2.30. The predicted molar refractivity (Wildman–Crippen MR) is 73.8 cm³/mol. The number of primary amides is 1. The van der Waals surface area contributed by atoms with E-state index in [1.54, 1.807) is 0 Å². The Morgan fingerprint density at radius 3 is 2.38 bits per heavy atom. The summed E-state index contributed by atoms with van der Waals surface area (Å²) >= 11 is 11.4. The molecule has 21 heavy (non-hydrogen) atoms. The first-order chi connectivity index (χ1) is 9.58. The zero-order valence-corrected chi connectivity index (χ0v) is 12.5. The zero-order valence-electron chi connectivity index (χ0n) is 10.2. The van der Waals surface area contributed by atoms with E-state index in [0.29, 0.717) is 0 Å². The molecule has 1 amide bonds. The summed E-state index contributed by atoms with van der Waals surface area (Å²) in [4.78, 5) is 21.1. The fourth-order valence-corrected chi connectivity index (χ4v) is 3.26.